The monoisotopic (exact) mass is 180 g/mol. The molecule has 0 aromatic rings. The van der Waals surface area contributed by atoms with Crippen LogP contribution in [0.3, 0.4) is 0 Å². The van der Waals surface area contributed by atoms with E-state index in [9.17, 15) is 18.0 Å². The van der Waals surface area contributed by atoms with Crippen LogP contribution in [0.25, 0.3) is 0 Å². The van der Waals surface area contributed by atoms with Crippen LogP contribution in [0.2, 0.25) is 0 Å². The molecule has 0 atom stereocenters. The van der Waals surface area contributed by atoms with Gasteiger partial charge >= 0.3 is 0 Å². The first-order valence-corrected chi connectivity index (χ1v) is 5.60. The van der Waals surface area contributed by atoms with Crippen LogP contribution in [0.15, 0.2) is 0 Å². The molecular formula is C4H4O4S2. The smallest absolute Gasteiger partial charge is 0.215 e. The molecule has 0 aromatic carbocycles. The first-order chi connectivity index (χ1) is 4.51. The summed E-state index contributed by atoms with van der Waals surface area (Å²) in [6.45, 7) is 0. The molecule has 1 aliphatic rings. The van der Waals surface area contributed by atoms with Crippen molar-refractivity contribution in [1.82, 2.24) is 0 Å². The quantitative estimate of drug-likeness (QED) is 0.360. The van der Waals surface area contributed by atoms with Gasteiger partial charge in [0.25, 0.3) is 0 Å². The maximum atomic E-state index is 10.6. The van der Waals surface area contributed by atoms with Crippen LogP contribution in [-0.4, -0.2) is 31.5 Å². The third kappa shape index (κ3) is 1.57. The van der Waals surface area contributed by atoms with E-state index in [1.807, 2.05) is 0 Å². The van der Waals surface area contributed by atoms with Crippen LogP contribution >= 0.6 is 10.8 Å². The van der Waals surface area contributed by atoms with E-state index in [2.05, 4.69) is 0 Å². The maximum absolute atomic E-state index is 10.6. The molecule has 1 saturated heterocycles. The minimum atomic E-state index is -3.32. The largest absolute Gasteiger partial charge is 0.290 e. The molecule has 4 nitrogen and oxygen atoms in total. The summed E-state index contributed by atoms with van der Waals surface area (Å²) in [5, 5.41) is 0. The summed E-state index contributed by atoms with van der Waals surface area (Å²) in [5.41, 5.74) is 0. The first-order valence-electron chi connectivity index (χ1n) is 2.44. The SMILES string of the molecule is O=C1CSS(=O)(=O)CC1=O. The van der Waals surface area contributed by atoms with Gasteiger partial charge in [0.1, 0.15) is 5.75 Å². The Morgan fingerprint density at radius 3 is 2.20 bits per heavy atom. The summed E-state index contributed by atoms with van der Waals surface area (Å²) < 4.78 is 21.2. The van der Waals surface area contributed by atoms with Gasteiger partial charge in [-0.15, -0.1) is 0 Å². The lowest BCUT2D eigenvalue weighted by molar-refractivity contribution is -0.133. The van der Waals surface area contributed by atoms with E-state index in [4.69, 9.17) is 0 Å². The Balaban J connectivity index is 2.86. The third-order valence-corrected chi connectivity index (χ3v) is 4.13. The van der Waals surface area contributed by atoms with Crippen molar-refractivity contribution in [3.8, 4) is 0 Å². The van der Waals surface area contributed by atoms with Crippen molar-refractivity contribution in [3.63, 3.8) is 0 Å². The standard InChI is InChI=1S/C4H4O4S2/c5-3-1-9-10(7,8)2-4(3)6/h1-2H2. The highest BCUT2D eigenvalue weighted by atomic mass is 33.1. The van der Waals surface area contributed by atoms with Gasteiger partial charge in [0.2, 0.25) is 20.4 Å². The van der Waals surface area contributed by atoms with E-state index in [1.54, 1.807) is 0 Å². The number of hydrogen-bond donors (Lipinski definition) is 0. The van der Waals surface area contributed by atoms with Crippen molar-refractivity contribution >= 4 is 31.2 Å². The van der Waals surface area contributed by atoms with E-state index >= 15 is 0 Å². The lowest BCUT2D eigenvalue weighted by Crippen LogP contribution is -2.29. The summed E-state index contributed by atoms with van der Waals surface area (Å²) in [6.07, 6.45) is 0. The molecule has 10 heavy (non-hydrogen) atoms. The van der Waals surface area contributed by atoms with E-state index in [1.165, 1.54) is 0 Å². The van der Waals surface area contributed by atoms with Crippen LogP contribution in [-0.2, 0) is 18.5 Å². The van der Waals surface area contributed by atoms with Gasteiger partial charge in [0.15, 0.2) is 0 Å². The highest BCUT2D eigenvalue weighted by Gasteiger charge is 2.29. The van der Waals surface area contributed by atoms with Crippen molar-refractivity contribution < 1.29 is 18.0 Å². The Morgan fingerprint density at radius 1 is 1.20 bits per heavy atom. The van der Waals surface area contributed by atoms with Crippen LogP contribution in [0.4, 0.5) is 0 Å². The fourth-order valence-corrected chi connectivity index (χ4v) is 2.95. The van der Waals surface area contributed by atoms with Crippen LogP contribution < -0.4 is 0 Å². The van der Waals surface area contributed by atoms with Gasteiger partial charge in [0.05, 0.1) is 5.75 Å². The second kappa shape index (κ2) is 2.35. The molecule has 6 heteroatoms. The molecule has 0 bridgehead atoms. The Bertz CT molecular complexity index is 276. The minimum absolute atomic E-state index is 0.221. The molecule has 0 unspecified atom stereocenters. The molecule has 1 heterocycles. The lowest BCUT2D eigenvalue weighted by atomic mass is 10.3. The minimum Gasteiger partial charge on any atom is -0.290 e. The molecule has 0 N–H and O–H groups in total. The summed E-state index contributed by atoms with van der Waals surface area (Å²) in [6, 6.07) is 0. The maximum Gasteiger partial charge on any atom is 0.215 e. The number of carbonyl (C=O) groups is 2. The second-order valence-electron chi connectivity index (χ2n) is 1.81. The molecule has 1 aliphatic heterocycles. The van der Waals surface area contributed by atoms with Crippen molar-refractivity contribution in [2.24, 2.45) is 0 Å². The highest BCUT2D eigenvalue weighted by Crippen LogP contribution is 2.17. The molecule has 0 saturated carbocycles. The van der Waals surface area contributed by atoms with E-state index in [-0.39, 0.29) is 5.75 Å². The Labute approximate surface area is 61.3 Å². The molecule has 56 valence electrons. The zero-order valence-electron chi connectivity index (χ0n) is 4.86. The highest BCUT2D eigenvalue weighted by molar-refractivity contribution is 8.72. The number of carbonyl (C=O) groups excluding carboxylic acids is 2. The average Bonchev–Trinajstić information content (AvgIpc) is 1.79. The van der Waals surface area contributed by atoms with Crippen LogP contribution in [0.1, 0.15) is 0 Å². The van der Waals surface area contributed by atoms with E-state index in [0.717, 1.165) is 0 Å². The number of rotatable bonds is 0. The first kappa shape index (κ1) is 7.74. The second-order valence-corrected chi connectivity index (χ2v) is 5.97. The van der Waals surface area contributed by atoms with Crippen molar-refractivity contribution in [1.29, 1.82) is 0 Å². The molecule has 0 amide bonds. The number of ketones is 2. The number of hydrogen-bond acceptors (Lipinski definition) is 5. The Hall–Kier alpha value is -0.360. The normalized spacial score (nSPS) is 24.8. The molecule has 1 rings (SSSR count). The fourth-order valence-electron chi connectivity index (χ4n) is 0.507. The molecule has 0 aromatic heterocycles. The number of Topliss-reactive ketones (excluding diaryl/α,β-unsaturated/α-hetero) is 2. The van der Waals surface area contributed by atoms with Gasteiger partial charge in [0, 0.05) is 0 Å². The lowest BCUT2D eigenvalue weighted by Gasteiger charge is -2.06. The van der Waals surface area contributed by atoms with Gasteiger partial charge in [-0.1, -0.05) is 0 Å². The van der Waals surface area contributed by atoms with Gasteiger partial charge in [-0.2, -0.15) is 0 Å². The predicted molar refractivity (Wildman–Crippen MR) is 36.3 cm³/mol. The Morgan fingerprint density at radius 2 is 1.80 bits per heavy atom. The molecule has 1 fully saturated rings. The van der Waals surface area contributed by atoms with Crippen molar-refractivity contribution in [2.75, 3.05) is 11.5 Å². The van der Waals surface area contributed by atoms with E-state index in [0.29, 0.717) is 10.8 Å². The van der Waals surface area contributed by atoms with Crippen LogP contribution in [0, 0.1) is 0 Å². The molecule has 0 spiro atoms. The summed E-state index contributed by atoms with van der Waals surface area (Å²) in [5.74, 6) is -2.24. The topological polar surface area (TPSA) is 68.3 Å². The Kier molecular flexibility index (Phi) is 1.82. The summed E-state index contributed by atoms with van der Waals surface area (Å²) >= 11 is 0. The van der Waals surface area contributed by atoms with Gasteiger partial charge in [-0.25, -0.2) is 8.42 Å². The fraction of sp³-hybridized carbons (Fsp3) is 0.500. The van der Waals surface area contributed by atoms with Gasteiger partial charge in [-0.3, -0.25) is 9.59 Å². The summed E-state index contributed by atoms with van der Waals surface area (Å²) in [4.78, 5) is 20.9. The predicted octanol–water partition coefficient (Wildman–Crippen LogP) is -0.799. The zero-order chi connectivity index (χ0) is 7.78. The summed E-state index contributed by atoms with van der Waals surface area (Å²) in [7, 11) is -2.78. The van der Waals surface area contributed by atoms with Crippen molar-refractivity contribution in [3.05, 3.63) is 0 Å². The molecule has 0 radical (unpaired) electrons. The zero-order valence-corrected chi connectivity index (χ0v) is 6.50. The van der Waals surface area contributed by atoms with Gasteiger partial charge < -0.3 is 0 Å². The van der Waals surface area contributed by atoms with Gasteiger partial charge in [-0.05, 0) is 10.8 Å². The van der Waals surface area contributed by atoms with Crippen LogP contribution in [0.5, 0.6) is 0 Å². The molecular weight excluding hydrogens is 176 g/mol. The molecule has 0 aliphatic carbocycles. The van der Waals surface area contributed by atoms with Crippen molar-refractivity contribution in [2.45, 2.75) is 0 Å². The van der Waals surface area contributed by atoms with E-state index < -0.39 is 26.2 Å². The average molecular weight is 180 g/mol. The third-order valence-electron chi connectivity index (χ3n) is 0.988.